The van der Waals surface area contributed by atoms with Crippen LogP contribution in [-0.2, 0) is 6.42 Å². The van der Waals surface area contributed by atoms with Crippen LogP contribution in [0, 0.1) is 0 Å². The second kappa shape index (κ2) is 5.42. The summed E-state index contributed by atoms with van der Waals surface area (Å²) in [4.78, 5) is 0. The Hall–Kier alpha value is -2.66. The van der Waals surface area contributed by atoms with Crippen molar-refractivity contribution >= 4 is 10.9 Å². The van der Waals surface area contributed by atoms with Crippen molar-refractivity contribution in [3.63, 3.8) is 0 Å². The molecule has 0 saturated carbocycles. The minimum absolute atomic E-state index is 0.114. The number of aromatic nitrogens is 1. The van der Waals surface area contributed by atoms with Crippen molar-refractivity contribution in [3.05, 3.63) is 53.7 Å². The summed E-state index contributed by atoms with van der Waals surface area (Å²) in [6, 6.07) is 12.8. The van der Waals surface area contributed by atoms with Crippen molar-refractivity contribution in [2.24, 2.45) is 0 Å². The van der Waals surface area contributed by atoms with Gasteiger partial charge in [0.25, 0.3) is 0 Å². The minimum Gasteiger partial charge on any atom is -0.492 e. The molecule has 0 bridgehead atoms. The molecule has 3 aromatic rings. The van der Waals surface area contributed by atoms with Gasteiger partial charge in [-0.2, -0.15) is 0 Å². The Morgan fingerprint density at radius 1 is 1.15 bits per heavy atom. The highest BCUT2D eigenvalue weighted by atomic mass is 16.7. The molecule has 2 aliphatic heterocycles. The minimum atomic E-state index is 0.114. The van der Waals surface area contributed by atoms with Gasteiger partial charge in [0.1, 0.15) is 0 Å². The van der Waals surface area contributed by atoms with E-state index in [2.05, 4.69) is 61.3 Å². The molecule has 0 N–H and O–H groups in total. The van der Waals surface area contributed by atoms with Gasteiger partial charge in [-0.15, -0.1) is 0 Å². The zero-order chi connectivity index (χ0) is 17.9. The summed E-state index contributed by atoms with van der Waals surface area (Å²) in [6.07, 6.45) is 3.29. The molecule has 0 amide bonds. The molecule has 5 rings (SSSR count). The first kappa shape index (κ1) is 15.6. The van der Waals surface area contributed by atoms with Gasteiger partial charge in [-0.3, -0.25) is 4.57 Å². The smallest absolute Gasteiger partial charge is 0.231 e. The van der Waals surface area contributed by atoms with Crippen LogP contribution in [0.5, 0.6) is 17.2 Å². The Labute approximate surface area is 152 Å². The van der Waals surface area contributed by atoms with E-state index in [0.29, 0.717) is 0 Å². The van der Waals surface area contributed by atoms with Crippen LogP contribution in [0.1, 0.15) is 17.3 Å². The third-order valence-electron chi connectivity index (χ3n) is 5.72. The lowest BCUT2D eigenvalue weighted by Gasteiger charge is -2.43. The zero-order valence-corrected chi connectivity index (χ0v) is 15.4. The maximum absolute atomic E-state index is 5.86. The van der Waals surface area contributed by atoms with Gasteiger partial charge in [0.15, 0.2) is 17.7 Å². The second-order valence-corrected chi connectivity index (χ2v) is 7.62. The number of quaternary nitrogens is 1. The van der Waals surface area contributed by atoms with Crippen LogP contribution in [-0.4, -0.2) is 43.6 Å². The van der Waals surface area contributed by atoms with Crippen LogP contribution in [0.15, 0.2) is 42.6 Å². The second-order valence-electron chi connectivity index (χ2n) is 7.62. The summed E-state index contributed by atoms with van der Waals surface area (Å²) in [5, 5.41) is 1.25. The Kier molecular flexibility index (Phi) is 3.25. The summed E-state index contributed by atoms with van der Waals surface area (Å²) in [6.45, 7) is 1.30. The molecule has 1 atom stereocenters. The lowest BCUT2D eigenvalue weighted by atomic mass is 9.93. The van der Waals surface area contributed by atoms with Crippen LogP contribution in [0.3, 0.4) is 0 Å². The normalized spacial score (nSPS) is 20.2. The van der Waals surface area contributed by atoms with Crippen LogP contribution < -0.4 is 14.2 Å². The monoisotopic (exact) mass is 351 g/mol. The van der Waals surface area contributed by atoms with E-state index < -0.39 is 0 Å². The number of nitrogens with zero attached hydrogens (tertiary/aromatic N) is 2. The summed E-state index contributed by atoms with van der Waals surface area (Å²) >= 11 is 0. The topological polar surface area (TPSA) is 32.6 Å². The van der Waals surface area contributed by atoms with E-state index >= 15 is 0 Å². The average Bonchev–Trinajstić information content (AvgIpc) is 3.26. The van der Waals surface area contributed by atoms with Gasteiger partial charge in [-0.05, 0) is 29.1 Å². The third kappa shape index (κ3) is 2.07. The average molecular weight is 351 g/mol. The molecule has 26 heavy (non-hydrogen) atoms. The lowest BCUT2D eigenvalue weighted by Crippen LogP contribution is -2.50. The number of benzene rings is 2. The molecule has 2 aromatic carbocycles. The highest BCUT2D eigenvalue weighted by Gasteiger charge is 2.42. The van der Waals surface area contributed by atoms with Crippen LogP contribution in [0.2, 0.25) is 0 Å². The molecule has 5 heteroatoms. The fourth-order valence-electron chi connectivity index (χ4n) is 4.44. The van der Waals surface area contributed by atoms with Crippen molar-refractivity contribution in [1.82, 2.24) is 4.57 Å². The van der Waals surface area contributed by atoms with Crippen LogP contribution in [0.4, 0.5) is 0 Å². The standard InChI is InChI=1S/C21H23N2O3/c1-23(2)11-9-15-12-17-19(26-13-25-17)20(24-3)18(15)21(23)22-10-8-14-6-4-5-7-16(14)22/h4-8,10,12,21H,9,11,13H2,1-3H3/q+1/t21-/m1/s1. The molecule has 0 unspecified atom stereocenters. The van der Waals surface area contributed by atoms with Crippen LogP contribution >= 0.6 is 0 Å². The van der Waals surface area contributed by atoms with E-state index in [4.69, 9.17) is 14.2 Å². The molecule has 0 aliphatic carbocycles. The molecular formula is C21H23N2O3+. The highest BCUT2D eigenvalue weighted by molar-refractivity contribution is 5.80. The van der Waals surface area contributed by atoms with Gasteiger partial charge in [0.2, 0.25) is 12.5 Å². The molecular weight excluding hydrogens is 328 g/mol. The van der Waals surface area contributed by atoms with E-state index in [1.165, 1.54) is 22.0 Å². The number of fused-ring (bicyclic) bond motifs is 3. The SMILES string of the molecule is COc1c2c(cc3c1[C@H](n1ccc4ccccc41)[N+](C)(C)CC3)OCO2. The maximum Gasteiger partial charge on any atom is 0.231 e. The summed E-state index contributed by atoms with van der Waals surface area (Å²) in [7, 11) is 6.29. The van der Waals surface area contributed by atoms with E-state index in [9.17, 15) is 0 Å². The number of ether oxygens (including phenoxy) is 3. The predicted molar refractivity (Wildman–Crippen MR) is 99.9 cm³/mol. The molecule has 0 spiro atoms. The molecule has 1 aromatic heterocycles. The first-order valence-corrected chi connectivity index (χ1v) is 8.98. The lowest BCUT2D eigenvalue weighted by molar-refractivity contribution is -0.926. The fourth-order valence-corrected chi connectivity index (χ4v) is 4.44. The Bertz CT molecular complexity index is 1010. The van der Waals surface area contributed by atoms with Crippen LogP contribution in [0.25, 0.3) is 10.9 Å². The molecule has 2 aliphatic rings. The Morgan fingerprint density at radius 2 is 2.00 bits per heavy atom. The van der Waals surface area contributed by atoms with Crippen molar-refractivity contribution in [2.45, 2.75) is 12.6 Å². The van der Waals surface area contributed by atoms with Gasteiger partial charge in [-0.1, -0.05) is 18.2 Å². The molecule has 5 nitrogen and oxygen atoms in total. The Balaban J connectivity index is 1.81. The number of hydrogen-bond donors (Lipinski definition) is 0. The molecule has 0 fully saturated rings. The zero-order valence-electron chi connectivity index (χ0n) is 15.4. The van der Waals surface area contributed by atoms with Gasteiger partial charge in [0, 0.05) is 12.6 Å². The highest BCUT2D eigenvalue weighted by Crippen LogP contribution is 2.51. The van der Waals surface area contributed by atoms with Crippen molar-refractivity contribution in [3.8, 4) is 17.2 Å². The number of likely N-dealkylation sites (N-methyl/N-ethyl adjacent to an activating group) is 1. The Morgan fingerprint density at radius 3 is 2.85 bits per heavy atom. The van der Waals surface area contributed by atoms with Gasteiger partial charge >= 0.3 is 0 Å². The number of hydrogen-bond acceptors (Lipinski definition) is 3. The predicted octanol–water partition coefficient (Wildman–Crippen LogP) is 3.56. The van der Waals surface area contributed by atoms with Gasteiger partial charge < -0.3 is 18.7 Å². The first-order valence-electron chi connectivity index (χ1n) is 8.98. The number of rotatable bonds is 2. The maximum atomic E-state index is 5.86. The van der Waals surface area contributed by atoms with E-state index in [1.807, 2.05) is 0 Å². The molecule has 0 radical (unpaired) electrons. The first-order chi connectivity index (χ1) is 12.6. The van der Waals surface area contributed by atoms with Crippen molar-refractivity contribution < 1.29 is 18.7 Å². The van der Waals surface area contributed by atoms with Crippen molar-refractivity contribution in [1.29, 1.82) is 0 Å². The fraction of sp³-hybridized carbons (Fsp3) is 0.333. The van der Waals surface area contributed by atoms with Gasteiger partial charge in [-0.25, -0.2) is 0 Å². The third-order valence-corrected chi connectivity index (χ3v) is 5.72. The quantitative estimate of drug-likeness (QED) is 0.662. The number of methoxy groups -OCH3 is 1. The molecule has 0 saturated heterocycles. The summed E-state index contributed by atoms with van der Waals surface area (Å²) in [5.41, 5.74) is 3.72. The van der Waals surface area contributed by atoms with Gasteiger partial charge in [0.05, 0.1) is 38.8 Å². The number of para-hydroxylation sites is 1. The summed E-state index contributed by atoms with van der Waals surface area (Å²) < 4.78 is 20.5. The molecule has 3 heterocycles. The van der Waals surface area contributed by atoms with E-state index in [1.54, 1.807) is 7.11 Å². The summed E-state index contributed by atoms with van der Waals surface area (Å²) in [5.74, 6) is 2.34. The van der Waals surface area contributed by atoms with E-state index in [-0.39, 0.29) is 13.0 Å². The van der Waals surface area contributed by atoms with Crippen molar-refractivity contribution in [2.75, 3.05) is 34.5 Å². The van der Waals surface area contributed by atoms with E-state index in [0.717, 1.165) is 34.7 Å². The largest absolute Gasteiger partial charge is 0.492 e. The molecule has 134 valence electrons.